The minimum atomic E-state index is 0.352. The van der Waals surface area contributed by atoms with Crippen molar-refractivity contribution < 1.29 is 0 Å². The summed E-state index contributed by atoms with van der Waals surface area (Å²) in [5.41, 5.74) is 4.21. The van der Waals surface area contributed by atoms with Gasteiger partial charge in [0.1, 0.15) is 0 Å². The summed E-state index contributed by atoms with van der Waals surface area (Å²) >= 11 is 1.88. The highest BCUT2D eigenvalue weighted by molar-refractivity contribution is 7.99. The highest BCUT2D eigenvalue weighted by Crippen LogP contribution is 2.48. The third-order valence-corrected chi connectivity index (χ3v) is 5.00. The summed E-state index contributed by atoms with van der Waals surface area (Å²) in [5.74, 6) is 0.352. The van der Waals surface area contributed by atoms with Crippen molar-refractivity contribution in [2.75, 3.05) is 0 Å². The van der Waals surface area contributed by atoms with E-state index >= 15 is 0 Å². The minimum Gasteiger partial charge on any atom is -0.0895 e. The molecule has 0 bridgehead atoms. The molecule has 0 saturated carbocycles. The summed E-state index contributed by atoms with van der Waals surface area (Å²) in [6.07, 6.45) is 0. The van der Waals surface area contributed by atoms with Crippen LogP contribution in [-0.2, 0) is 0 Å². The maximum Gasteiger partial charge on any atom is 0.0362 e. The molecule has 0 nitrogen and oxygen atoms in total. The van der Waals surface area contributed by atoms with Crippen molar-refractivity contribution in [2.45, 2.75) is 15.7 Å². The Bertz CT molecular complexity index is 701. The molecule has 0 aromatic heterocycles. The van der Waals surface area contributed by atoms with E-state index in [-0.39, 0.29) is 0 Å². The lowest BCUT2D eigenvalue weighted by molar-refractivity contribution is 0.902. The van der Waals surface area contributed by atoms with Crippen LogP contribution in [0, 0.1) is 0 Å². The van der Waals surface area contributed by atoms with Gasteiger partial charge in [0.15, 0.2) is 0 Å². The first-order valence-corrected chi connectivity index (χ1v) is 7.66. The SMILES string of the molecule is c1ccc(C2c3ccccc3Sc3ccccc32)cc1. The summed E-state index contributed by atoms with van der Waals surface area (Å²) in [7, 11) is 0. The number of hydrogen-bond donors (Lipinski definition) is 0. The smallest absolute Gasteiger partial charge is 0.0362 e. The molecule has 0 spiro atoms. The Hall–Kier alpha value is -1.99. The Labute approximate surface area is 123 Å². The molecule has 0 fully saturated rings. The third kappa shape index (κ3) is 1.86. The van der Waals surface area contributed by atoms with E-state index in [1.54, 1.807) is 0 Å². The predicted octanol–water partition coefficient (Wildman–Crippen LogP) is 5.33. The number of benzene rings is 3. The molecular weight excluding hydrogens is 260 g/mol. The molecule has 0 radical (unpaired) electrons. The maximum absolute atomic E-state index is 2.26. The number of fused-ring (bicyclic) bond motifs is 2. The van der Waals surface area contributed by atoms with Gasteiger partial charge in [0.2, 0.25) is 0 Å². The lowest BCUT2D eigenvalue weighted by Crippen LogP contribution is -2.09. The van der Waals surface area contributed by atoms with Crippen LogP contribution < -0.4 is 0 Å². The summed E-state index contributed by atoms with van der Waals surface area (Å²) in [4.78, 5) is 2.75. The second-order valence-electron chi connectivity index (χ2n) is 5.02. The van der Waals surface area contributed by atoms with Crippen molar-refractivity contribution in [3.63, 3.8) is 0 Å². The van der Waals surface area contributed by atoms with E-state index in [0.717, 1.165) is 0 Å². The number of hydrogen-bond acceptors (Lipinski definition) is 1. The fourth-order valence-corrected chi connectivity index (χ4v) is 4.05. The Morgan fingerprint density at radius 1 is 0.550 bits per heavy atom. The van der Waals surface area contributed by atoms with E-state index in [2.05, 4.69) is 78.9 Å². The van der Waals surface area contributed by atoms with E-state index < -0.39 is 0 Å². The lowest BCUT2D eigenvalue weighted by Gasteiger charge is -2.28. The van der Waals surface area contributed by atoms with Crippen LogP contribution in [0.1, 0.15) is 22.6 Å². The first kappa shape index (κ1) is 11.8. The van der Waals surface area contributed by atoms with Crippen molar-refractivity contribution in [3.05, 3.63) is 95.6 Å². The molecule has 1 heteroatoms. The van der Waals surface area contributed by atoms with Crippen LogP contribution in [0.25, 0.3) is 0 Å². The van der Waals surface area contributed by atoms with Crippen molar-refractivity contribution in [1.82, 2.24) is 0 Å². The van der Waals surface area contributed by atoms with Gasteiger partial charge in [-0.3, -0.25) is 0 Å². The van der Waals surface area contributed by atoms with Gasteiger partial charge < -0.3 is 0 Å². The average molecular weight is 274 g/mol. The molecule has 20 heavy (non-hydrogen) atoms. The van der Waals surface area contributed by atoms with Gasteiger partial charge in [-0.05, 0) is 28.8 Å². The standard InChI is InChI=1S/C19H14S/c1-2-8-14(9-3-1)19-15-10-4-6-12-17(15)20-18-13-7-5-11-16(18)19/h1-13,19H. The van der Waals surface area contributed by atoms with E-state index in [0.29, 0.717) is 5.92 Å². The third-order valence-electron chi connectivity index (χ3n) is 3.81. The largest absolute Gasteiger partial charge is 0.0895 e. The second kappa shape index (κ2) is 4.84. The van der Waals surface area contributed by atoms with E-state index in [1.165, 1.54) is 26.5 Å². The molecule has 0 amide bonds. The lowest BCUT2D eigenvalue weighted by atomic mass is 9.85. The van der Waals surface area contributed by atoms with Gasteiger partial charge in [0.05, 0.1) is 0 Å². The predicted molar refractivity (Wildman–Crippen MR) is 84.4 cm³/mol. The van der Waals surface area contributed by atoms with Crippen LogP contribution in [-0.4, -0.2) is 0 Å². The van der Waals surface area contributed by atoms with Gasteiger partial charge in [0.25, 0.3) is 0 Å². The van der Waals surface area contributed by atoms with Crippen molar-refractivity contribution >= 4 is 11.8 Å². The molecule has 0 aliphatic carbocycles. The van der Waals surface area contributed by atoms with Gasteiger partial charge in [-0.2, -0.15) is 0 Å². The molecule has 0 atom stereocenters. The Balaban J connectivity index is 1.98. The topological polar surface area (TPSA) is 0 Å². The Kier molecular flexibility index (Phi) is 2.86. The molecule has 0 saturated heterocycles. The van der Waals surface area contributed by atoms with E-state index in [4.69, 9.17) is 0 Å². The summed E-state index contributed by atoms with van der Waals surface area (Å²) in [6.45, 7) is 0. The van der Waals surface area contributed by atoms with Crippen LogP contribution in [0.3, 0.4) is 0 Å². The molecular formula is C19H14S. The van der Waals surface area contributed by atoms with Crippen molar-refractivity contribution in [1.29, 1.82) is 0 Å². The molecule has 96 valence electrons. The highest BCUT2D eigenvalue weighted by Gasteiger charge is 2.26. The molecule has 0 unspecified atom stereocenters. The van der Waals surface area contributed by atoms with Gasteiger partial charge >= 0.3 is 0 Å². The molecule has 1 aliphatic heterocycles. The zero-order valence-corrected chi connectivity index (χ0v) is 11.8. The molecule has 1 heterocycles. The normalized spacial score (nSPS) is 13.6. The molecule has 0 N–H and O–H groups in total. The first-order valence-electron chi connectivity index (χ1n) is 6.84. The zero-order valence-electron chi connectivity index (χ0n) is 11.0. The quantitative estimate of drug-likeness (QED) is 0.452. The maximum atomic E-state index is 2.26. The van der Waals surface area contributed by atoms with Gasteiger partial charge in [-0.25, -0.2) is 0 Å². The van der Waals surface area contributed by atoms with Crippen LogP contribution >= 0.6 is 11.8 Å². The first-order chi connectivity index (χ1) is 9.93. The van der Waals surface area contributed by atoms with Crippen LogP contribution in [0.2, 0.25) is 0 Å². The zero-order chi connectivity index (χ0) is 13.4. The van der Waals surface area contributed by atoms with E-state index in [1.807, 2.05) is 11.8 Å². The summed E-state index contributed by atoms with van der Waals surface area (Å²) in [5, 5.41) is 0. The van der Waals surface area contributed by atoms with E-state index in [9.17, 15) is 0 Å². The summed E-state index contributed by atoms with van der Waals surface area (Å²) in [6, 6.07) is 28.3. The van der Waals surface area contributed by atoms with Crippen molar-refractivity contribution in [2.24, 2.45) is 0 Å². The molecule has 1 aliphatic rings. The molecule has 3 aromatic rings. The Morgan fingerprint density at radius 2 is 1.05 bits per heavy atom. The van der Waals surface area contributed by atoms with Crippen LogP contribution in [0.15, 0.2) is 88.7 Å². The fraction of sp³-hybridized carbons (Fsp3) is 0.0526. The van der Waals surface area contributed by atoms with Crippen molar-refractivity contribution in [3.8, 4) is 0 Å². The summed E-state index contributed by atoms with van der Waals surface area (Å²) < 4.78 is 0. The van der Waals surface area contributed by atoms with Crippen LogP contribution in [0.4, 0.5) is 0 Å². The Morgan fingerprint density at radius 3 is 1.65 bits per heavy atom. The van der Waals surface area contributed by atoms with Gasteiger partial charge in [0, 0.05) is 15.7 Å². The fourth-order valence-electron chi connectivity index (χ4n) is 2.91. The van der Waals surface area contributed by atoms with Crippen LogP contribution in [0.5, 0.6) is 0 Å². The highest BCUT2D eigenvalue weighted by atomic mass is 32.2. The van der Waals surface area contributed by atoms with Gasteiger partial charge in [-0.1, -0.05) is 78.5 Å². The molecule has 3 aromatic carbocycles. The van der Waals surface area contributed by atoms with Gasteiger partial charge in [-0.15, -0.1) is 0 Å². The average Bonchev–Trinajstić information content (AvgIpc) is 2.53. The molecule has 4 rings (SSSR count). The second-order valence-corrected chi connectivity index (χ2v) is 6.11. The number of rotatable bonds is 1. The monoisotopic (exact) mass is 274 g/mol. The minimum absolute atomic E-state index is 0.352.